The second-order valence-corrected chi connectivity index (χ2v) is 2.08. The Morgan fingerprint density at radius 1 is 1.55 bits per heavy atom. The lowest BCUT2D eigenvalue weighted by atomic mass is 10.3. The fraction of sp³-hybridized carbons (Fsp3) is 0.500. The number of aliphatic hydroxyl groups is 1. The second-order valence-electron chi connectivity index (χ2n) is 2.08. The van der Waals surface area contributed by atoms with E-state index in [1.807, 2.05) is 0 Å². The van der Waals surface area contributed by atoms with E-state index in [0.29, 0.717) is 0 Å². The molecule has 1 atom stereocenters. The van der Waals surface area contributed by atoms with Crippen LogP contribution in [-0.4, -0.2) is 26.6 Å². The van der Waals surface area contributed by atoms with E-state index in [2.05, 4.69) is 10.2 Å². The number of hydrogen-bond donors (Lipinski definition) is 4. The van der Waals surface area contributed by atoms with Gasteiger partial charge in [0.2, 0.25) is 5.95 Å². The predicted octanol–water partition coefficient (Wildman–Crippen LogP) is -2.43. The van der Waals surface area contributed by atoms with Crippen LogP contribution in [0.3, 0.4) is 0 Å². The van der Waals surface area contributed by atoms with E-state index in [-0.39, 0.29) is 18.4 Å². The molecule has 0 radical (unpaired) electrons. The topological polar surface area (TPSA) is 129 Å². The summed E-state index contributed by atoms with van der Waals surface area (Å²) in [5, 5.41) is 15.6. The van der Waals surface area contributed by atoms with Gasteiger partial charge in [-0.1, -0.05) is 0 Å². The molecule has 0 aliphatic heterocycles. The third-order valence-corrected chi connectivity index (χ3v) is 1.28. The number of rotatable bonds is 2. The average molecular weight is 158 g/mol. The summed E-state index contributed by atoms with van der Waals surface area (Å²) in [4.78, 5) is 0. The number of aromatic nitrogens is 3. The zero-order valence-electron chi connectivity index (χ0n) is 5.81. The fourth-order valence-corrected chi connectivity index (χ4v) is 0.651. The highest BCUT2D eigenvalue weighted by molar-refractivity contribution is 5.18. The molecule has 7 nitrogen and oxygen atoms in total. The molecule has 0 amide bonds. The summed E-state index contributed by atoms with van der Waals surface area (Å²) in [6.07, 6.45) is 0. The van der Waals surface area contributed by atoms with E-state index >= 15 is 0 Å². The molecule has 1 rings (SSSR count). The van der Waals surface area contributed by atoms with Gasteiger partial charge in [0.05, 0.1) is 12.6 Å². The van der Waals surface area contributed by atoms with Gasteiger partial charge in [-0.25, -0.2) is 4.68 Å². The van der Waals surface area contributed by atoms with E-state index in [4.69, 9.17) is 22.4 Å². The van der Waals surface area contributed by atoms with Crippen LogP contribution < -0.4 is 17.3 Å². The van der Waals surface area contributed by atoms with Gasteiger partial charge in [0.15, 0.2) is 5.82 Å². The first-order chi connectivity index (χ1) is 5.16. The van der Waals surface area contributed by atoms with Crippen molar-refractivity contribution in [2.24, 2.45) is 5.73 Å². The normalized spacial score (nSPS) is 13.3. The van der Waals surface area contributed by atoms with Crippen LogP contribution in [0.15, 0.2) is 0 Å². The minimum atomic E-state index is -0.634. The van der Waals surface area contributed by atoms with Crippen LogP contribution in [0.25, 0.3) is 0 Å². The molecule has 1 heterocycles. The van der Waals surface area contributed by atoms with Crippen LogP contribution in [-0.2, 0) is 0 Å². The molecule has 1 aromatic heterocycles. The molecule has 0 aliphatic rings. The highest BCUT2D eigenvalue weighted by atomic mass is 16.3. The molecule has 0 aliphatic carbocycles. The molecule has 1 unspecified atom stereocenters. The van der Waals surface area contributed by atoms with Gasteiger partial charge in [-0.2, -0.15) is 0 Å². The van der Waals surface area contributed by atoms with Crippen molar-refractivity contribution in [1.82, 2.24) is 14.9 Å². The molecule has 7 N–H and O–H groups in total. The minimum Gasteiger partial charge on any atom is -0.394 e. The number of anilines is 1. The van der Waals surface area contributed by atoms with Crippen molar-refractivity contribution >= 4 is 5.95 Å². The summed E-state index contributed by atoms with van der Waals surface area (Å²) in [5.41, 5.74) is 10.7. The van der Waals surface area contributed by atoms with E-state index in [0.717, 1.165) is 4.68 Å². The van der Waals surface area contributed by atoms with Crippen LogP contribution >= 0.6 is 0 Å². The Kier molecular flexibility index (Phi) is 1.92. The quantitative estimate of drug-likeness (QED) is 0.354. The van der Waals surface area contributed by atoms with Gasteiger partial charge < -0.3 is 22.4 Å². The lowest BCUT2D eigenvalue weighted by Crippen LogP contribution is -2.24. The Morgan fingerprint density at radius 2 is 2.18 bits per heavy atom. The summed E-state index contributed by atoms with van der Waals surface area (Å²) >= 11 is 0. The Bertz CT molecular complexity index is 245. The van der Waals surface area contributed by atoms with Crippen LogP contribution in [0.5, 0.6) is 0 Å². The summed E-state index contributed by atoms with van der Waals surface area (Å²) < 4.78 is 1.04. The largest absolute Gasteiger partial charge is 0.394 e. The monoisotopic (exact) mass is 158 g/mol. The predicted molar refractivity (Wildman–Crippen MR) is 38.6 cm³/mol. The Labute approximate surface area is 62.8 Å². The third kappa shape index (κ3) is 1.23. The van der Waals surface area contributed by atoms with Crippen LogP contribution in [0.1, 0.15) is 11.9 Å². The summed E-state index contributed by atoms with van der Waals surface area (Å²) in [6.45, 7) is -0.241. The number of hydrogen-bond acceptors (Lipinski definition) is 6. The molecule has 0 fully saturated rings. The number of nitrogens with zero attached hydrogens (tertiary/aromatic N) is 3. The van der Waals surface area contributed by atoms with Crippen molar-refractivity contribution in [1.29, 1.82) is 0 Å². The van der Waals surface area contributed by atoms with E-state index in [1.165, 1.54) is 0 Å². The Morgan fingerprint density at radius 3 is 2.55 bits per heavy atom. The van der Waals surface area contributed by atoms with Crippen molar-refractivity contribution < 1.29 is 5.11 Å². The molecule has 0 saturated heterocycles. The fourth-order valence-electron chi connectivity index (χ4n) is 0.651. The standard InChI is InChI=1S/C4H10N6O/c5-2(1-11)3-8-9-4(6)10(3)7/h2,11H,1,5,7H2,(H2,6,9). The Balaban J connectivity index is 2.94. The molecule has 7 heteroatoms. The zero-order valence-corrected chi connectivity index (χ0v) is 5.81. The molecule has 0 spiro atoms. The first-order valence-corrected chi connectivity index (χ1v) is 2.99. The van der Waals surface area contributed by atoms with Gasteiger partial charge in [-0.15, -0.1) is 10.2 Å². The zero-order chi connectivity index (χ0) is 8.43. The molecule has 0 bridgehead atoms. The lowest BCUT2D eigenvalue weighted by Gasteiger charge is -2.05. The van der Waals surface area contributed by atoms with E-state index in [9.17, 15) is 0 Å². The summed E-state index contributed by atoms with van der Waals surface area (Å²) in [6, 6.07) is -0.634. The van der Waals surface area contributed by atoms with Crippen molar-refractivity contribution in [2.45, 2.75) is 6.04 Å². The summed E-state index contributed by atoms with van der Waals surface area (Å²) in [7, 11) is 0. The highest BCUT2D eigenvalue weighted by Gasteiger charge is 2.13. The number of aliphatic hydroxyl groups excluding tert-OH is 1. The molecule has 1 aromatic rings. The highest BCUT2D eigenvalue weighted by Crippen LogP contribution is 2.05. The first kappa shape index (κ1) is 7.76. The number of nitrogens with two attached hydrogens (primary N) is 3. The molecule has 62 valence electrons. The van der Waals surface area contributed by atoms with Crippen LogP contribution in [0, 0.1) is 0 Å². The average Bonchev–Trinajstić information content (AvgIpc) is 2.32. The van der Waals surface area contributed by atoms with Crippen molar-refractivity contribution in [2.75, 3.05) is 18.2 Å². The van der Waals surface area contributed by atoms with Crippen molar-refractivity contribution in [3.8, 4) is 0 Å². The Hall–Kier alpha value is -1.34. The van der Waals surface area contributed by atoms with Gasteiger partial charge in [-0.05, 0) is 0 Å². The second kappa shape index (κ2) is 2.72. The molecule has 11 heavy (non-hydrogen) atoms. The first-order valence-electron chi connectivity index (χ1n) is 2.99. The van der Waals surface area contributed by atoms with Gasteiger partial charge >= 0.3 is 0 Å². The smallest absolute Gasteiger partial charge is 0.240 e. The van der Waals surface area contributed by atoms with Crippen molar-refractivity contribution in [3.05, 3.63) is 5.82 Å². The van der Waals surface area contributed by atoms with Gasteiger partial charge in [0, 0.05) is 0 Å². The molecule has 0 saturated carbocycles. The molecular formula is C4H10N6O. The maximum absolute atomic E-state index is 8.62. The van der Waals surface area contributed by atoms with E-state index in [1.54, 1.807) is 0 Å². The van der Waals surface area contributed by atoms with Crippen LogP contribution in [0.4, 0.5) is 5.95 Å². The van der Waals surface area contributed by atoms with Gasteiger partial charge in [-0.3, -0.25) is 0 Å². The number of nitrogen functional groups attached to an aromatic ring is 2. The van der Waals surface area contributed by atoms with Crippen molar-refractivity contribution in [3.63, 3.8) is 0 Å². The minimum absolute atomic E-state index is 0.0731. The third-order valence-electron chi connectivity index (χ3n) is 1.28. The maximum Gasteiger partial charge on any atom is 0.240 e. The lowest BCUT2D eigenvalue weighted by molar-refractivity contribution is 0.262. The molecular weight excluding hydrogens is 148 g/mol. The SMILES string of the molecule is Nc1nnc(C(N)CO)n1N. The van der Waals surface area contributed by atoms with Gasteiger partial charge in [0.1, 0.15) is 0 Å². The summed E-state index contributed by atoms with van der Waals surface area (Å²) in [5.74, 6) is 5.70. The van der Waals surface area contributed by atoms with E-state index < -0.39 is 6.04 Å². The maximum atomic E-state index is 8.62. The van der Waals surface area contributed by atoms with Gasteiger partial charge in [0.25, 0.3) is 0 Å². The molecule has 0 aromatic carbocycles. The van der Waals surface area contributed by atoms with Crippen LogP contribution in [0.2, 0.25) is 0 Å².